The molecule has 1 aromatic rings. The van der Waals surface area contributed by atoms with Gasteiger partial charge >= 0.3 is 0 Å². The van der Waals surface area contributed by atoms with E-state index in [0.29, 0.717) is 29.6 Å². The van der Waals surface area contributed by atoms with Crippen molar-refractivity contribution in [2.75, 3.05) is 38.8 Å². The van der Waals surface area contributed by atoms with Crippen LogP contribution in [0, 0.1) is 23.7 Å². The summed E-state index contributed by atoms with van der Waals surface area (Å²) in [5.41, 5.74) is 1.13. The van der Waals surface area contributed by atoms with Crippen molar-refractivity contribution in [1.82, 2.24) is 5.32 Å². The summed E-state index contributed by atoms with van der Waals surface area (Å²) in [6.07, 6.45) is 4.95. The van der Waals surface area contributed by atoms with E-state index in [1.54, 1.807) is 14.2 Å². The van der Waals surface area contributed by atoms with Gasteiger partial charge in [-0.25, -0.2) is 0 Å². The van der Waals surface area contributed by atoms with Crippen LogP contribution in [0.25, 0.3) is 0 Å². The second-order valence-electron chi connectivity index (χ2n) is 7.70. The minimum Gasteiger partial charge on any atom is -0.497 e. The fourth-order valence-electron chi connectivity index (χ4n) is 4.78. The lowest BCUT2D eigenvalue weighted by Gasteiger charge is -2.20. The Balaban J connectivity index is 1.30. The molecule has 5 nitrogen and oxygen atoms in total. The van der Waals surface area contributed by atoms with Crippen molar-refractivity contribution >= 4 is 11.6 Å². The highest BCUT2D eigenvalue weighted by atomic mass is 16.5. The monoisotopic (exact) mass is 344 g/mol. The van der Waals surface area contributed by atoms with Crippen molar-refractivity contribution in [1.29, 1.82) is 0 Å². The van der Waals surface area contributed by atoms with E-state index in [4.69, 9.17) is 9.47 Å². The first-order chi connectivity index (χ1) is 12.2. The summed E-state index contributed by atoms with van der Waals surface area (Å²) < 4.78 is 10.7. The third-order valence-corrected chi connectivity index (χ3v) is 6.26. The van der Waals surface area contributed by atoms with Gasteiger partial charge in [0.15, 0.2) is 0 Å². The third kappa shape index (κ3) is 3.29. The highest BCUT2D eigenvalue weighted by Gasteiger charge is 2.56. The smallest absolute Gasteiger partial charge is 0.223 e. The average molecular weight is 344 g/mol. The molecule has 1 heterocycles. The van der Waals surface area contributed by atoms with E-state index in [1.807, 2.05) is 6.07 Å². The largest absolute Gasteiger partial charge is 0.497 e. The van der Waals surface area contributed by atoms with Crippen LogP contribution in [0.1, 0.15) is 25.7 Å². The SMILES string of the molecule is COc1cc(OC)cc(N2CC[C@H](CNC(=O)C3[C@H]4CCC[C@@H]34)C2)c1. The fraction of sp³-hybridized carbons (Fsp3) is 0.650. The molecule has 0 spiro atoms. The van der Waals surface area contributed by atoms with Crippen LogP contribution in [0.15, 0.2) is 18.2 Å². The summed E-state index contributed by atoms with van der Waals surface area (Å²) in [7, 11) is 3.35. The number of ether oxygens (including phenoxy) is 2. The lowest BCUT2D eigenvalue weighted by Crippen LogP contribution is -2.32. The van der Waals surface area contributed by atoms with Crippen LogP contribution in [0.3, 0.4) is 0 Å². The van der Waals surface area contributed by atoms with Gasteiger partial charge in [0.2, 0.25) is 5.91 Å². The van der Waals surface area contributed by atoms with Crippen molar-refractivity contribution in [2.45, 2.75) is 25.7 Å². The molecular formula is C20H28N2O3. The van der Waals surface area contributed by atoms with Crippen molar-refractivity contribution in [3.8, 4) is 11.5 Å². The first kappa shape index (κ1) is 16.6. The van der Waals surface area contributed by atoms with Gasteiger partial charge in [-0.15, -0.1) is 0 Å². The molecule has 1 aromatic carbocycles. The van der Waals surface area contributed by atoms with Gasteiger partial charge < -0.3 is 19.7 Å². The summed E-state index contributed by atoms with van der Waals surface area (Å²) in [4.78, 5) is 14.7. The molecule has 0 bridgehead atoms. The fourth-order valence-corrected chi connectivity index (χ4v) is 4.78. The maximum absolute atomic E-state index is 12.3. The number of fused-ring (bicyclic) bond motifs is 1. The lowest BCUT2D eigenvalue weighted by atomic mass is 10.1. The van der Waals surface area contributed by atoms with Gasteiger partial charge in [-0.3, -0.25) is 4.79 Å². The van der Waals surface area contributed by atoms with Crippen LogP contribution in [0.4, 0.5) is 5.69 Å². The molecule has 1 unspecified atom stereocenters. The number of amides is 1. The summed E-state index contributed by atoms with van der Waals surface area (Å²) in [6.45, 7) is 2.77. The van der Waals surface area contributed by atoms with E-state index in [2.05, 4.69) is 22.3 Å². The Morgan fingerprint density at radius 1 is 1.12 bits per heavy atom. The Bertz CT molecular complexity index is 616. The number of hydrogen-bond donors (Lipinski definition) is 1. The molecule has 1 amide bonds. The summed E-state index contributed by atoms with van der Waals surface area (Å²) >= 11 is 0. The zero-order valence-corrected chi connectivity index (χ0v) is 15.2. The summed E-state index contributed by atoms with van der Waals surface area (Å²) in [5.74, 6) is 4.16. The van der Waals surface area contributed by atoms with Crippen LogP contribution in [-0.2, 0) is 4.79 Å². The standard InChI is InChI=1S/C20H28N2O3/c1-24-15-8-14(9-16(10-15)25-2)22-7-6-13(12-22)11-21-20(23)19-17-4-3-5-18(17)19/h8-10,13,17-19H,3-7,11-12H2,1-2H3,(H,21,23)/t13-,17-,18+,19?/m1/s1. The van der Waals surface area contributed by atoms with Gasteiger partial charge in [-0.05, 0) is 37.0 Å². The number of hydrogen-bond acceptors (Lipinski definition) is 4. The Hall–Kier alpha value is -1.91. The van der Waals surface area contributed by atoms with Crippen molar-refractivity contribution < 1.29 is 14.3 Å². The van der Waals surface area contributed by atoms with Crippen LogP contribution in [-0.4, -0.2) is 39.8 Å². The maximum Gasteiger partial charge on any atom is 0.223 e. The Morgan fingerprint density at radius 2 is 1.80 bits per heavy atom. The van der Waals surface area contributed by atoms with Crippen LogP contribution in [0.2, 0.25) is 0 Å². The van der Waals surface area contributed by atoms with Gasteiger partial charge in [-0.2, -0.15) is 0 Å². The number of benzene rings is 1. The van der Waals surface area contributed by atoms with Crippen molar-refractivity contribution in [2.24, 2.45) is 23.7 Å². The molecule has 2 aliphatic carbocycles. The number of carbonyl (C=O) groups is 1. The van der Waals surface area contributed by atoms with Crippen molar-refractivity contribution in [3.63, 3.8) is 0 Å². The van der Waals surface area contributed by atoms with Gasteiger partial charge in [-0.1, -0.05) is 6.42 Å². The number of carbonyl (C=O) groups excluding carboxylic acids is 1. The van der Waals surface area contributed by atoms with E-state index >= 15 is 0 Å². The molecular weight excluding hydrogens is 316 g/mol. The molecule has 1 saturated heterocycles. The minimum atomic E-state index is 0.302. The number of methoxy groups -OCH3 is 2. The molecule has 25 heavy (non-hydrogen) atoms. The number of anilines is 1. The zero-order chi connectivity index (χ0) is 17.4. The Labute approximate surface area is 149 Å². The Kier molecular flexibility index (Phi) is 4.48. The maximum atomic E-state index is 12.3. The Morgan fingerprint density at radius 3 is 2.44 bits per heavy atom. The lowest BCUT2D eigenvalue weighted by molar-refractivity contribution is -0.123. The molecule has 0 radical (unpaired) electrons. The van der Waals surface area contributed by atoms with Crippen LogP contribution >= 0.6 is 0 Å². The summed E-state index contributed by atoms with van der Waals surface area (Å²) in [5, 5.41) is 3.22. The first-order valence-electron chi connectivity index (χ1n) is 9.45. The second-order valence-corrected chi connectivity index (χ2v) is 7.70. The number of rotatable bonds is 6. The molecule has 4 rings (SSSR count). The molecule has 2 saturated carbocycles. The van der Waals surface area contributed by atoms with E-state index in [9.17, 15) is 4.79 Å². The zero-order valence-electron chi connectivity index (χ0n) is 15.2. The molecule has 1 aliphatic heterocycles. The van der Waals surface area contributed by atoms with Crippen LogP contribution in [0.5, 0.6) is 11.5 Å². The van der Waals surface area contributed by atoms with E-state index in [1.165, 1.54) is 19.3 Å². The quantitative estimate of drug-likeness (QED) is 0.862. The molecule has 3 aliphatic rings. The van der Waals surface area contributed by atoms with Gasteiger partial charge in [0.1, 0.15) is 11.5 Å². The minimum absolute atomic E-state index is 0.302. The average Bonchev–Trinajstić information content (AvgIpc) is 3.01. The van der Waals surface area contributed by atoms with Gasteiger partial charge in [0.05, 0.1) is 14.2 Å². The highest BCUT2D eigenvalue weighted by molar-refractivity contribution is 5.82. The molecule has 4 atom stereocenters. The molecule has 1 N–H and O–H groups in total. The van der Waals surface area contributed by atoms with Gasteiger partial charge in [0, 0.05) is 49.4 Å². The summed E-state index contributed by atoms with van der Waals surface area (Å²) in [6, 6.07) is 5.99. The van der Waals surface area contributed by atoms with E-state index in [-0.39, 0.29) is 0 Å². The third-order valence-electron chi connectivity index (χ3n) is 6.26. The molecule has 136 valence electrons. The topological polar surface area (TPSA) is 50.8 Å². The van der Waals surface area contributed by atoms with Gasteiger partial charge in [0.25, 0.3) is 0 Å². The van der Waals surface area contributed by atoms with E-state index in [0.717, 1.165) is 43.2 Å². The molecule has 5 heteroatoms. The molecule has 0 aromatic heterocycles. The number of nitrogens with one attached hydrogen (secondary N) is 1. The highest BCUT2D eigenvalue weighted by Crippen LogP contribution is 2.57. The first-order valence-corrected chi connectivity index (χ1v) is 9.45. The van der Waals surface area contributed by atoms with E-state index < -0.39 is 0 Å². The predicted octanol–water partition coefficient (Wildman–Crippen LogP) is 2.69. The number of nitrogens with zero attached hydrogens (tertiary/aromatic N) is 1. The second kappa shape index (κ2) is 6.77. The van der Waals surface area contributed by atoms with Crippen LogP contribution < -0.4 is 19.7 Å². The van der Waals surface area contributed by atoms with Crippen molar-refractivity contribution in [3.05, 3.63) is 18.2 Å². The molecule has 3 fully saturated rings. The normalized spacial score (nSPS) is 30.1. The predicted molar refractivity (Wildman–Crippen MR) is 97.2 cm³/mol.